The van der Waals surface area contributed by atoms with Crippen molar-refractivity contribution in [2.75, 3.05) is 37.2 Å². The molecule has 5 nitrogen and oxygen atoms in total. The molecule has 2 heterocycles. The van der Waals surface area contributed by atoms with Crippen LogP contribution in [0, 0.1) is 0 Å². The summed E-state index contributed by atoms with van der Waals surface area (Å²) in [5.41, 5.74) is 1.92. The molecule has 6 heteroatoms. The maximum Gasteiger partial charge on any atom is 0.233 e. The average Bonchev–Trinajstić information content (AvgIpc) is 3.22. The van der Waals surface area contributed by atoms with Crippen molar-refractivity contribution >= 4 is 29.3 Å². The molecule has 0 saturated carbocycles. The number of nitrogens with one attached hydrogen (secondary N) is 1. The van der Waals surface area contributed by atoms with Gasteiger partial charge < -0.3 is 15.1 Å². The summed E-state index contributed by atoms with van der Waals surface area (Å²) < 4.78 is 0. The Morgan fingerprint density at radius 3 is 2.52 bits per heavy atom. The molecule has 1 atom stereocenters. The highest BCUT2D eigenvalue weighted by Crippen LogP contribution is 2.39. The lowest BCUT2D eigenvalue weighted by Gasteiger charge is -2.25. The molecule has 1 N–H and O–H groups in total. The highest BCUT2D eigenvalue weighted by Gasteiger charge is 2.32. The standard InChI is InChI=1S/C19H27N3O2S/c1-15(23)20-17-8-6-16(7-9-17)19-22(18(24)14-25-19)13-5-4-12-21-10-2-3-11-21/h6-9,19H,2-5,10-14H2,1H3,(H,20,23). The van der Waals surface area contributed by atoms with Crippen LogP contribution in [0.25, 0.3) is 0 Å². The van der Waals surface area contributed by atoms with Gasteiger partial charge in [-0.05, 0) is 63.0 Å². The normalized spacial score (nSPS) is 21.1. The number of anilines is 1. The van der Waals surface area contributed by atoms with Crippen molar-refractivity contribution < 1.29 is 9.59 Å². The molecule has 1 aromatic carbocycles. The van der Waals surface area contributed by atoms with Gasteiger partial charge in [0.25, 0.3) is 0 Å². The van der Waals surface area contributed by atoms with E-state index in [2.05, 4.69) is 10.2 Å². The molecule has 2 amide bonds. The van der Waals surface area contributed by atoms with Gasteiger partial charge >= 0.3 is 0 Å². The van der Waals surface area contributed by atoms with Gasteiger partial charge in [-0.2, -0.15) is 0 Å². The molecule has 0 aliphatic carbocycles. The molecule has 2 aliphatic heterocycles. The summed E-state index contributed by atoms with van der Waals surface area (Å²) in [5.74, 6) is 0.726. The number of carbonyl (C=O) groups excluding carboxylic acids is 2. The van der Waals surface area contributed by atoms with Gasteiger partial charge in [0.05, 0.1) is 5.75 Å². The Labute approximate surface area is 154 Å². The second-order valence-corrected chi connectivity index (χ2v) is 7.88. The third-order valence-electron chi connectivity index (χ3n) is 4.81. The molecule has 0 radical (unpaired) electrons. The van der Waals surface area contributed by atoms with Crippen LogP contribution in [0.2, 0.25) is 0 Å². The van der Waals surface area contributed by atoms with E-state index in [1.807, 2.05) is 29.2 Å². The predicted molar refractivity (Wildman–Crippen MR) is 103 cm³/mol. The summed E-state index contributed by atoms with van der Waals surface area (Å²) >= 11 is 1.69. The zero-order chi connectivity index (χ0) is 17.6. The van der Waals surface area contributed by atoms with Crippen molar-refractivity contribution in [3.63, 3.8) is 0 Å². The first-order chi connectivity index (χ1) is 12.1. The fourth-order valence-corrected chi connectivity index (χ4v) is 4.75. The van der Waals surface area contributed by atoms with Crippen LogP contribution in [0.4, 0.5) is 5.69 Å². The Bertz CT molecular complexity index is 599. The van der Waals surface area contributed by atoms with Crippen molar-refractivity contribution in [1.29, 1.82) is 0 Å². The van der Waals surface area contributed by atoms with Crippen LogP contribution in [0.1, 0.15) is 43.5 Å². The van der Waals surface area contributed by atoms with Crippen molar-refractivity contribution in [3.8, 4) is 0 Å². The summed E-state index contributed by atoms with van der Waals surface area (Å²) in [4.78, 5) is 27.9. The van der Waals surface area contributed by atoms with Crippen LogP contribution in [0.3, 0.4) is 0 Å². The summed E-state index contributed by atoms with van der Waals surface area (Å²) in [5, 5.41) is 2.88. The Hall–Kier alpha value is -1.53. The zero-order valence-electron chi connectivity index (χ0n) is 14.9. The van der Waals surface area contributed by atoms with Crippen LogP contribution in [-0.4, -0.2) is 53.5 Å². The van der Waals surface area contributed by atoms with Crippen LogP contribution >= 0.6 is 11.8 Å². The Kier molecular flexibility index (Phi) is 6.37. The maximum atomic E-state index is 12.3. The van der Waals surface area contributed by atoms with Crippen molar-refractivity contribution in [2.24, 2.45) is 0 Å². The van der Waals surface area contributed by atoms with Gasteiger partial charge in [0.15, 0.2) is 0 Å². The van der Waals surface area contributed by atoms with E-state index < -0.39 is 0 Å². The van der Waals surface area contributed by atoms with E-state index in [4.69, 9.17) is 0 Å². The summed E-state index contributed by atoms with van der Waals surface area (Å²) in [6.45, 7) is 5.97. The molecule has 1 unspecified atom stereocenters. The van der Waals surface area contributed by atoms with Gasteiger partial charge in [0, 0.05) is 19.2 Å². The van der Waals surface area contributed by atoms with E-state index in [9.17, 15) is 9.59 Å². The number of thioether (sulfide) groups is 1. The van der Waals surface area contributed by atoms with Crippen molar-refractivity contribution in [1.82, 2.24) is 9.80 Å². The van der Waals surface area contributed by atoms with Gasteiger partial charge in [-0.3, -0.25) is 9.59 Å². The largest absolute Gasteiger partial charge is 0.326 e. The van der Waals surface area contributed by atoms with Crippen molar-refractivity contribution in [2.45, 2.75) is 38.0 Å². The molecule has 0 bridgehead atoms. The number of unbranched alkanes of at least 4 members (excludes halogenated alkanes) is 1. The Balaban J connectivity index is 1.52. The highest BCUT2D eigenvalue weighted by molar-refractivity contribution is 8.00. The van der Waals surface area contributed by atoms with Gasteiger partial charge in [-0.25, -0.2) is 0 Å². The quantitative estimate of drug-likeness (QED) is 0.758. The van der Waals surface area contributed by atoms with Crippen LogP contribution in [0.5, 0.6) is 0 Å². The van der Waals surface area contributed by atoms with E-state index >= 15 is 0 Å². The number of carbonyl (C=O) groups is 2. The number of hydrogen-bond acceptors (Lipinski definition) is 4. The lowest BCUT2D eigenvalue weighted by molar-refractivity contribution is -0.128. The van der Waals surface area contributed by atoms with Gasteiger partial charge in [0.1, 0.15) is 5.37 Å². The summed E-state index contributed by atoms with van der Waals surface area (Å²) in [6.07, 6.45) is 4.88. The van der Waals surface area contributed by atoms with Crippen LogP contribution in [-0.2, 0) is 9.59 Å². The number of likely N-dealkylation sites (tertiary alicyclic amines) is 1. The minimum Gasteiger partial charge on any atom is -0.326 e. The Morgan fingerprint density at radius 2 is 1.84 bits per heavy atom. The van der Waals surface area contributed by atoms with E-state index in [0.29, 0.717) is 5.75 Å². The first-order valence-electron chi connectivity index (χ1n) is 9.14. The third-order valence-corrected chi connectivity index (χ3v) is 6.06. The molecule has 3 rings (SSSR count). The number of amides is 2. The minimum absolute atomic E-state index is 0.0715. The van der Waals surface area contributed by atoms with E-state index in [1.165, 1.54) is 32.9 Å². The number of hydrogen-bond donors (Lipinski definition) is 1. The van der Waals surface area contributed by atoms with Gasteiger partial charge in [-0.15, -0.1) is 11.8 Å². The topological polar surface area (TPSA) is 52.7 Å². The second kappa shape index (κ2) is 8.72. The first-order valence-corrected chi connectivity index (χ1v) is 10.2. The number of rotatable bonds is 7. The molecule has 136 valence electrons. The minimum atomic E-state index is -0.0715. The lowest BCUT2D eigenvalue weighted by atomic mass is 10.1. The molecule has 1 aromatic rings. The number of benzene rings is 1. The average molecular weight is 362 g/mol. The zero-order valence-corrected chi connectivity index (χ0v) is 15.7. The van der Waals surface area contributed by atoms with E-state index in [1.54, 1.807) is 11.8 Å². The smallest absolute Gasteiger partial charge is 0.233 e. The second-order valence-electron chi connectivity index (χ2n) is 6.81. The third kappa shape index (κ3) is 4.98. The predicted octanol–water partition coefficient (Wildman–Crippen LogP) is 3.10. The molecule has 2 aliphatic rings. The van der Waals surface area contributed by atoms with Crippen LogP contribution in [0.15, 0.2) is 24.3 Å². The van der Waals surface area contributed by atoms with Crippen LogP contribution < -0.4 is 5.32 Å². The molecular weight excluding hydrogens is 334 g/mol. The van der Waals surface area contributed by atoms with Gasteiger partial charge in [-0.1, -0.05) is 12.1 Å². The van der Waals surface area contributed by atoms with Gasteiger partial charge in [0.2, 0.25) is 11.8 Å². The fraction of sp³-hybridized carbons (Fsp3) is 0.579. The highest BCUT2D eigenvalue weighted by atomic mass is 32.2. The molecule has 2 fully saturated rings. The summed E-state index contributed by atoms with van der Waals surface area (Å²) in [6, 6.07) is 7.84. The maximum absolute atomic E-state index is 12.3. The van der Waals surface area contributed by atoms with E-state index in [-0.39, 0.29) is 17.2 Å². The SMILES string of the molecule is CC(=O)Nc1ccc(C2SCC(=O)N2CCCCN2CCCC2)cc1. The van der Waals surface area contributed by atoms with E-state index in [0.717, 1.165) is 37.2 Å². The van der Waals surface area contributed by atoms with Crippen molar-refractivity contribution in [3.05, 3.63) is 29.8 Å². The lowest BCUT2D eigenvalue weighted by Crippen LogP contribution is -2.30. The fourth-order valence-electron chi connectivity index (χ4n) is 3.53. The first kappa shape index (κ1) is 18.3. The molecule has 0 aromatic heterocycles. The number of nitrogens with zero attached hydrogens (tertiary/aromatic N) is 2. The molecule has 0 spiro atoms. The monoisotopic (exact) mass is 361 g/mol. The molecule has 2 saturated heterocycles. The molecular formula is C19H27N3O2S. The molecule has 25 heavy (non-hydrogen) atoms. The Morgan fingerprint density at radius 1 is 1.16 bits per heavy atom. The summed E-state index contributed by atoms with van der Waals surface area (Å²) in [7, 11) is 0.